The maximum absolute atomic E-state index is 14.0. The molecule has 1 saturated heterocycles. The molecule has 3 rings (SSSR count). The Morgan fingerprint density at radius 2 is 1.62 bits per heavy atom. The van der Waals surface area contributed by atoms with Crippen LogP contribution in [0, 0.1) is 17.6 Å². The molecule has 6 heteroatoms. The van der Waals surface area contributed by atoms with E-state index >= 15 is 0 Å². The van der Waals surface area contributed by atoms with Crippen molar-refractivity contribution in [2.24, 2.45) is 5.92 Å². The van der Waals surface area contributed by atoms with Gasteiger partial charge in [-0.1, -0.05) is 30.7 Å². The van der Waals surface area contributed by atoms with Gasteiger partial charge in [0.2, 0.25) is 0 Å². The van der Waals surface area contributed by atoms with Crippen LogP contribution in [0.15, 0.2) is 48.5 Å². The number of piperidine rings is 1. The van der Waals surface area contributed by atoms with Crippen molar-refractivity contribution in [3.63, 3.8) is 0 Å². The summed E-state index contributed by atoms with van der Waals surface area (Å²) in [5, 5.41) is 11.9. The summed E-state index contributed by atoms with van der Waals surface area (Å²) >= 11 is 0. The summed E-state index contributed by atoms with van der Waals surface area (Å²) < 4.78 is 32.9. The smallest absolute Gasteiger partial charge is 0.305 e. The highest BCUT2D eigenvalue weighted by atomic mass is 19.1. The number of halogens is 2. The molecule has 2 aromatic carbocycles. The standard InChI is InChI=1S/C26H33F2NO3/c1-2-32-25(30)12-4-3-5-15-29-16-13-20(14-17-29)26(31,21-8-6-10-23(27)18-21)22-9-7-11-24(28)19-22/h6-11,18-20,31H,2-5,12-17H2,1H3. The number of likely N-dealkylation sites (tertiary alicyclic amines) is 1. The van der Waals surface area contributed by atoms with Crippen molar-refractivity contribution in [2.75, 3.05) is 26.2 Å². The first-order valence-electron chi connectivity index (χ1n) is 11.6. The quantitative estimate of drug-likeness (QED) is 0.411. The van der Waals surface area contributed by atoms with E-state index < -0.39 is 17.2 Å². The van der Waals surface area contributed by atoms with Gasteiger partial charge in [0.05, 0.1) is 6.61 Å². The second-order valence-corrected chi connectivity index (χ2v) is 8.52. The lowest BCUT2D eigenvalue weighted by atomic mass is 9.72. The lowest BCUT2D eigenvalue weighted by Crippen LogP contribution is -2.44. The molecule has 0 aliphatic carbocycles. The van der Waals surface area contributed by atoms with E-state index in [9.17, 15) is 18.7 Å². The molecule has 4 nitrogen and oxygen atoms in total. The van der Waals surface area contributed by atoms with Gasteiger partial charge >= 0.3 is 5.97 Å². The van der Waals surface area contributed by atoms with Crippen molar-refractivity contribution in [2.45, 2.75) is 51.0 Å². The van der Waals surface area contributed by atoms with Crippen LogP contribution in [0.5, 0.6) is 0 Å². The molecule has 1 heterocycles. The highest BCUT2D eigenvalue weighted by Gasteiger charge is 2.42. The monoisotopic (exact) mass is 445 g/mol. The number of unbranched alkanes of at least 4 members (excludes halogenated alkanes) is 2. The molecule has 0 saturated carbocycles. The first-order valence-corrected chi connectivity index (χ1v) is 11.6. The predicted octanol–water partition coefficient (Wildman–Crippen LogP) is 5.04. The van der Waals surface area contributed by atoms with Crippen LogP contribution in [0.25, 0.3) is 0 Å². The van der Waals surface area contributed by atoms with E-state index in [1.807, 2.05) is 6.92 Å². The Bertz CT molecular complexity index is 835. The van der Waals surface area contributed by atoms with Crippen LogP contribution < -0.4 is 0 Å². The Balaban J connectivity index is 1.61. The predicted molar refractivity (Wildman–Crippen MR) is 120 cm³/mol. The molecule has 1 aliphatic heterocycles. The van der Waals surface area contributed by atoms with Gasteiger partial charge < -0.3 is 14.7 Å². The van der Waals surface area contributed by atoms with Gasteiger partial charge in [0.1, 0.15) is 17.2 Å². The van der Waals surface area contributed by atoms with Gasteiger partial charge in [-0.3, -0.25) is 4.79 Å². The Labute approximate surface area is 189 Å². The Morgan fingerprint density at radius 1 is 1.03 bits per heavy atom. The van der Waals surface area contributed by atoms with Crippen molar-refractivity contribution in [3.05, 3.63) is 71.3 Å². The lowest BCUT2D eigenvalue weighted by Gasteiger charge is -2.42. The minimum Gasteiger partial charge on any atom is -0.466 e. The molecule has 0 unspecified atom stereocenters. The average molecular weight is 446 g/mol. The van der Waals surface area contributed by atoms with Crippen LogP contribution in [-0.4, -0.2) is 42.2 Å². The van der Waals surface area contributed by atoms with Gasteiger partial charge in [-0.15, -0.1) is 0 Å². The molecule has 0 atom stereocenters. The van der Waals surface area contributed by atoms with Crippen LogP contribution >= 0.6 is 0 Å². The highest BCUT2D eigenvalue weighted by Crippen LogP contribution is 2.42. The summed E-state index contributed by atoms with van der Waals surface area (Å²) in [5.74, 6) is -1.12. The zero-order valence-corrected chi connectivity index (χ0v) is 18.7. The van der Waals surface area contributed by atoms with Crippen molar-refractivity contribution >= 4 is 5.97 Å². The SMILES string of the molecule is CCOC(=O)CCCCCN1CCC(C(O)(c2cccc(F)c2)c2cccc(F)c2)CC1. The summed E-state index contributed by atoms with van der Waals surface area (Å²) in [6.45, 7) is 4.80. The third kappa shape index (κ3) is 6.14. The number of rotatable bonds is 10. The van der Waals surface area contributed by atoms with Crippen molar-refractivity contribution < 1.29 is 23.4 Å². The molecule has 0 amide bonds. The number of carbonyl (C=O) groups is 1. The first kappa shape index (κ1) is 24.3. The number of benzene rings is 2. The van der Waals surface area contributed by atoms with Gasteiger partial charge in [0, 0.05) is 6.42 Å². The molecular formula is C26H33F2NO3. The number of esters is 1. The molecule has 1 N–H and O–H groups in total. The fourth-order valence-corrected chi connectivity index (χ4v) is 4.68. The van der Waals surface area contributed by atoms with E-state index in [0.717, 1.165) is 51.7 Å². The third-order valence-electron chi connectivity index (χ3n) is 6.37. The molecule has 0 bridgehead atoms. The number of carbonyl (C=O) groups excluding carboxylic acids is 1. The molecule has 0 spiro atoms. The average Bonchev–Trinajstić information content (AvgIpc) is 2.79. The van der Waals surface area contributed by atoms with Crippen LogP contribution in [0.2, 0.25) is 0 Å². The van der Waals surface area contributed by atoms with E-state index in [0.29, 0.717) is 24.2 Å². The number of hydrogen-bond acceptors (Lipinski definition) is 4. The van der Waals surface area contributed by atoms with Gasteiger partial charge in [-0.2, -0.15) is 0 Å². The van der Waals surface area contributed by atoms with Gasteiger partial charge in [-0.05, 0) is 93.6 Å². The van der Waals surface area contributed by atoms with Crippen molar-refractivity contribution in [3.8, 4) is 0 Å². The van der Waals surface area contributed by atoms with Crippen LogP contribution in [0.1, 0.15) is 56.6 Å². The lowest BCUT2D eigenvalue weighted by molar-refractivity contribution is -0.143. The summed E-state index contributed by atoms with van der Waals surface area (Å²) in [5.41, 5.74) is -0.531. The van der Waals surface area contributed by atoms with Gasteiger partial charge in [0.25, 0.3) is 0 Å². The number of hydrogen-bond donors (Lipinski definition) is 1. The van der Waals surface area contributed by atoms with Gasteiger partial charge in [0.15, 0.2) is 0 Å². The largest absolute Gasteiger partial charge is 0.466 e. The number of nitrogens with zero attached hydrogens (tertiary/aromatic N) is 1. The molecule has 32 heavy (non-hydrogen) atoms. The van der Waals surface area contributed by atoms with Gasteiger partial charge in [-0.25, -0.2) is 8.78 Å². The molecule has 1 aliphatic rings. The molecule has 174 valence electrons. The summed E-state index contributed by atoms with van der Waals surface area (Å²) in [7, 11) is 0. The fraction of sp³-hybridized carbons (Fsp3) is 0.500. The number of aliphatic hydroxyl groups is 1. The molecule has 1 fully saturated rings. The Hall–Kier alpha value is -2.31. The molecule has 0 radical (unpaired) electrons. The third-order valence-corrected chi connectivity index (χ3v) is 6.37. The normalized spacial score (nSPS) is 15.6. The van der Waals surface area contributed by atoms with E-state index in [1.54, 1.807) is 24.3 Å². The van der Waals surface area contributed by atoms with E-state index in [4.69, 9.17) is 4.74 Å². The second kappa shape index (κ2) is 11.5. The summed E-state index contributed by atoms with van der Waals surface area (Å²) in [6.07, 6.45) is 4.72. The number of ether oxygens (including phenoxy) is 1. The maximum atomic E-state index is 14.0. The molecule has 0 aromatic heterocycles. The van der Waals surface area contributed by atoms with Crippen LogP contribution in [0.4, 0.5) is 8.78 Å². The first-order chi connectivity index (χ1) is 15.4. The zero-order chi connectivity index (χ0) is 23.0. The van der Waals surface area contributed by atoms with E-state index in [1.165, 1.54) is 24.3 Å². The minimum atomic E-state index is -1.45. The summed E-state index contributed by atoms with van der Waals surface area (Å²) in [6, 6.07) is 12.0. The highest BCUT2D eigenvalue weighted by molar-refractivity contribution is 5.69. The minimum absolute atomic E-state index is 0.137. The van der Waals surface area contributed by atoms with E-state index in [-0.39, 0.29) is 11.9 Å². The van der Waals surface area contributed by atoms with Crippen molar-refractivity contribution in [1.29, 1.82) is 0 Å². The Kier molecular flexibility index (Phi) is 8.76. The topological polar surface area (TPSA) is 49.8 Å². The molecular weight excluding hydrogens is 412 g/mol. The van der Waals surface area contributed by atoms with Crippen LogP contribution in [-0.2, 0) is 15.1 Å². The Morgan fingerprint density at radius 3 is 2.16 bits per heavy atom. The van der Waals surface area contributed by atoms with Crippen LogP contribution in [0.3, 0.4) is 0 Å². The summed E-state index contributed by atoms with van der Waals surface area (Å²) in [4.78, 5) is 13.8. The zero-order valence-electron chi connectivity index (χ0n) is 18.7. The second-order valence-electron chi connectivity index (χ2n) is 8.52. The van der Waals surface area contributed by atoms with E-state index in [2.05, 4.69) is 4.90 Å². The van der Waals surface area contributed by atoms with Crippen molar-refractivity contribution in [1.82, 2.24) is 4.90 Å². The fourth-order valence-electron chi connectivity index (χ4n) is 4.68. The maximum Gasteiger partial charge on any atom is 0.305 e. The molecule has 2 aromatic rings.